The van der Waals surface area contributed by atoms with Crippen molar-refractivity contribution in [1.82, 2.24) is 14.9 Å². The molecule has 0 aliphatic carbocycles. The normalized spacial score (nSPS) is 14.3. The molecule has 4 rings (SSSR count). The number of hydrogen-bond acceptors (Lipinski definition) is 5. The molecule has 3 heterocycles. The van der Waals surface area contributed by atoms with Gasteiger partial charge in [0.2, 0.25) is 0 Å². The smallest absolute Gasteiger partial charge is 0.255 e. The van der Waals surface area contributed by atoms with Crippen LogP contribution < -0.4 is 10.2 Å². The topological polar surface area (TPSA) is 90.1 Å². The van der Waals surface area contributed by atoms with Crippen LogP contribution in [0.15, 0.2) is 48.8 Å². The molecule has 3 aromatic rings. The molecule has 1 aromatic carbocycles. The molecule has 2 aromatic heterocycles. The van der Waals surface area contributed by atoms with Crippen molar-refractivity contribution in [3.8, 4) is 0 Å². The first kappa shape index (κ1) is 21.7. The Morgan fingerprint density at radius 3 is 2.37 bits per heavy atom. The monoisotopic (exact) mass is 418 g/mol. The highest BCUT2D eigenvalue weighted by atomic mass is 19.1. The van der Waals surface area contributed by atoms with E-state index in [2.05, 4.69) is 15.3 Å². The second kappa shape index (κ2) is 10.1. The second-order valence-corrected chi connectivity index (χ2v) is 6.95. The number of halogens is 2. The van der Waals surface area contributed by atoms with Crippen molar-refractivity contribution in [2.24, 2.45) is 0 Å². The Morgan fingerprint density at radius 2 is 1.77 bits per heavy atom. The number of aromatic nitrogens is 2. The third-order valence-electron chi connectivity index (χ3n) is 4.73. The van der Waals surface area contributed by atoms with E-state index in [-0.39, 0.29) is 19.1 Å². The fourth-order valence-electron chi connectivity index (χ4n) is 3.12. The van der Waals surface area contributed by atoms with Gasteiger partial charge >= 0.3 is 0 Å². The lowest BCUT2D eigenvalue weighted by Crippen LogP contribution is -2.33. The summed E-state index contributed by atoms with van der Waals surface area (Å²) in [4.78, 5) is 14.5. The summed E-state index contributed by atoms with van der Waals surface area (Å²) < 4.78 is 25.5. The maximum Gasteiger partial charge on any atom is 0.255 e. The number of fused-ring (bicyclic) bond motifs is 1. The lowest BCUT2D eigenvalue weighted by Gasteiger charge is -2.17. The van der Waals surface area contributed by atoms with Crippen LogP contribution in [0.3, 0.4) is 0 Å². The van der Waals surface area contributed by atoms with Gasteiger partial charge in [-0.1, -0.05) is 0 Å². The first-order valence-electron chi connectivity index (χ1n) is 9.68. The molecule has 0 radical (unpaired) electrons. The van der Waals surface area contributed by atoms with E-state index in [4.69, 9.17) is 5.11 Å². The SMILES string of the molecule is Fc1ccc(F)cc1.O=C(NCC(O)CO)c1cnn2ccc(N3CCCC3)cc12. The first-order chi connectivity index (χ1) is 14.5. The summed E-state index contributed by atoms with van der Waals surface area (Å²) in [6.07, 6.45) is 4.80. The summed E-state index contributed by atoms with van der Waals surface area (Å²) in [6.45, 7) is 1.70. The Kier molecular flexibility index (Phi) is 7.31. The third kappa shape index (κ3) is 5.52. The van der Waals surface area contributed by atoms with Crippen molar-refractivity contribution in [3.05, 3.63) is 66.0 Å². The Bertz CT molecular complexity index is 951. The predicted octanol–water partition coefficient (Wildman–Crippen LogP) is 1.98. The number of nitrogens with one attached hydrogen (secondary N) is 1. The first-order valence-corrected chi connectivity index (χ1v) is 9.68. The molecule has 1 atom stereocenters. The molecule has 1 aliphatic heterocycles. The molecule has 1 fully saturated rings. The van der Waals surface area contributed by atoms with Crippen molar-refractivity contribution in [2.45, 2.75) is 18.9 Å². The number of nitrogens with zero attached hydrogens (tertiary/aromatic N) is 3. The Morgan fingerprint density at radius 1 is 1.13 bits per heavy atom. The molecule has 160 valence electrons. The van der Waals surface area contributed by atoms with E-state index in [1.54, 1.807) is 4.52 Å². The number of carbonyl (C=O) groups is 1. The van der Waals surface area contributed by atoms with E-state index in [1.807, 2.05) is 18.3 Å². The van der Waals surface area contributed by atoms with Crippen LogP contribution in [0.2, 0.25) is 0 Å². The van der Waals surface area contributed by atoms with Crippen LogP contribution >= 0.6 is 0 Å². The van der Waals surface area contributed by atoms with Gasteiger partial charge in [0.25, 0.3) is 5.91 Å². The summed E-state index contributed by atoms with van der Waals surface area (Å²) in [6, 6.07) is 8.29. The Labute approximate surface area is 172 Å². The van der Waals surface area contributed by atoms with Crippen molar-refractivity contribution in [3.63, 3.8) is 0 Å². The van der Waals surface area contributed by atoms with Gasteiger partial charge in [-0.05, 0) is 49.2 Å². The van der Waals surface area contributed by atoms with Gasteiger partial charge in [-0.15, -0.1) is 0 Å². The third-order valence-corrected chi connectivity index (χ3v) is 4.73. The van der Waals surface area contributed by atoms with Crippen LogP contribution in [0, 0.1) is 11.6 Å². The highest BCUT2D eigenvalue weighted by Crippen LogP contribution is 2.23. The van der Waals surface area contributed by atoms with Crippen LogP contribution in [-0.2, 0) is 0 Å². The molecule has 1 saturated heterocycles. The minimum absolute atomic E-state index is 0.0124. The summed E-state index contributed by atoms with van der Waals surface area (Å²) in [5.74, 6) is -1.13. The maximum atomic E-state index is 12.2. The molecule has 0 spiro atoms. The molecule has 9 heteroatoms. The van der Waals surface area contributed by atoms with Gasteiger partial charge in [-0.2, -0.15) is 5.10 Å². The zero-order valence-corrected chi connectivity index (χ0v) is 16.3. The summed E-state index contributed by atoms with van der Waals surface area (Å²) in [5.41, 5.74) is 2.29. The summed E-state index contributed by atoms with van der Waals surface area (Å²) in [7, 11) is 0. The molecule has 3 N–H and O–H groups in total. The number of anilines is 1. The fourth-order valence-corrected chi connectivity index (χ4v) is 3.12. The van der Waals surface area contributed by atoms with E-state index in [0.717, 1.165) is 48.6 Å². The van der Waals surface area contributed by atoms with Gasteiger partial charge in [-0.25, -0.2) is 13.3 Å². The Hall–Kier alpha value is -3.04. The van der Waals surface area contributed by atoms with E-state index in [9.17, 15) is 18.7 Å². The average molecular weight is 418 g/mol. The largest absolute Gasteiger partial charge is 0.394 e. The molecular formula is C21H24F2N4O3. The number of carbonyl (C=O) groups excluding carboxylic acids is 1. The van der Waals surface area contributed by atoms with E-state index < -0.39 is 17.7 Å². The number of rotatable bonds is 5. The van der Waals surface area contributed by atoms with Gasteiger partial charge in [0, 0.05) is 31.5 Å². The second-order valence-electron chi connectivity index (χ2n) is 6.95. The predicted molar refractivity (Wildman–Crippen MR) is 108 cm³/mol. The lowest BCUT2D eigenvalue weighted by molar-refractivity contribution is 0.0803. The number of amides is 1. The zero-order valence-electron chi connectivity index (χ0n) is 16.3. The molecule has 30 heavy (non-hydrogen) atoms. The molecule has 7 nitrogen and oxygen atoms in total. The number of hydrogen-bond donors (Lipinski definition) is 3. The van der Waals surface area contributed by atoms with E-state index in [1.165, 1.54) is 19.0 Å². The number of aliphatic hydroxyl groups is 2. The average Bonchev–Trinajstić information content (AvgIpc) is 3.44. The minimum Gasteiger partial charge on any atom is -0.394 e. The lowest BCUT2D eigenvalue weighted by atomic mass is 10.2. The van der Waals surface area contributed by atoms with Crippen molar-refractivity contribution in [2.75, 3.05) is 31.1 Å². The van der Waals surface area contributed by atoms with Gasteiger partial charge in [-0.3, -0.25) is 4.79 Å². The zero-order chi connectivity index (χ0) is 21.5. The van der Waals surface area contributed by atoms with Crippen LogP contribution in [-0.4, -0.2) is 58.1 Å². The van der Waals surface area contributed by atoms with Gasteiger partial charge in [0.1, 0.15) is 11.6 Å². The van der Waals surface area contributed by atoms with Gasteiger partial charge in [0.15, 0.2) is 0 Å². The molecule has 1 unspecified atom stereocenters. The summed E-state index contributed by atoms with van der Waals surface area (Å²) in [5, 5.41) is 24.9. The van der Waals surface area contributed by atoms with Crippen LogP contribution in [0.4, 0.5) is 14.5 Å². The molecule has 1 amide bonds. The standard InChI is InChI=1S/C15H20N4O3.C6H4F2/c20-10-12(21)8-16-15(22)13-9-17-19-6-3-11(7-14(13)19)18-4-1-2-5-18;7-5-1-2-6(8)4-3-5/h3,6-7,9,12,20-21H,1-2,4-5,8,10H2,(H,16,22);1-4H. The number of aliphatic hydroxyl groups excluding tert-OH is 2. The van der Waals surface area contributed by atoms with Crippen molar-refractivity contribution >= 4 is 17.1 Å². The van der Waals surface area contributed by atoms with E-state index in [0.29, 0.717) is 5.56 Å². The number of pyridine rings is 1. The van der Waals surface area contributed by atoms with Gasteiger partial charge in [0.05, 0.1) is 30.0 Å². The number of benzene rings is 1. The molecule has 1 aliphatic rings. The highest BCUT2D eigenvalue weighted by Gasteiger charge is 2.17. The quantitative estimate of drug-likeness (QED) is 0.590. The molecule has 0 bridgehead atoms. The van der Waals surface area contributed by atoms with Crippen molar-refractivity contribution in [1.29, 1.82) is 0 Å². The van der Waals surface area contributed by atoms with Gasteiger partial charge < -0.3 is 20.4 Å². The molecule has 0 saturated carbocycles. The summed E-state index contributed by atoms with van der Waals surface area (Å²) >= 11 is 0. The highest BCUT2D eigenvalue weighted by molar-refractivity contribution is 6.01. The molecular weight excluding hydrogens is 394 g/mol. The van der Waals surface area contributed by atoms with Crippen LogP contribution in [0.1, 0.15) is 23.2 Å². The van der Waals surface area contributed by atoms with Crippen molar-refractivity contribution < 1.29 is 23.8 Å². The van der Waals surface area contributed by atoms with E-state index >= 15 is 0 Å². The maximum absolute atomic E-state index is 12.2. The minimum atomic E-state index is -0.953. The fraction of sp³-hybridized carbons (Fsp3) is 0.333. The van der Waals surface area contributed by atoms with Crippen LogP contribution in [0.5, 0.6) is 0 Å². The van der Waals surface area contributed by atoms with Crippen LogP contribution in [0.25, 0.3) is 5.52 Å². The Balaban J connectivity index is 0.000000269.